The zero-order chi connectivity index (χ0) is 14.3. The van der Waals surface area contributed by atoms with Crippen LogP contribution in [-0.4, -0.2) is 41.0 Å². The fourth-order valence-electron chi connectivity index (χ4n) is 3.16. The van der Waals surface area contributed by atoms with Crippen LogP contribution in [-0.2, 0) is 9.59 Å². The minimum atomic E-state index is -0.661. The first-order valence-electron chi connectivity index (χ1n) is 6.90. The van der Waals surface area contributed by atoms with Crippen molar-refractivity contribution in [3.8, 4) is 0 Å². The minimum absolute atomic E-state index is 0.111. The number of benzene rings is 1. The molecule has 0 bridgehead atoms. The summed E-state index contributed by atoms with van der Waals surface area (Å²) in [5, 5.41) is 13.6. The van der Waals surface area contributed by atoms with Crippen LogP contribution in [0.2, 0.25) is 0 Å². The van der Waals surface area contributed by atoms with Gasteiger partial charge in [0.1, 0.15) is 0 Å². The summed E-state index contributed by atoms with van der Waals surface area (Å²) in [4.78, 5) is 25.1. The van der Waals surface area contributed by atoms with Crippen molar-refractivity contribution in [3.05, 3.63) is 35.9 Å². The van der Waals surface area contributed by atoms with Crippen LogP contribution < -0.4 is 5.32 Å². The molecule has 0 spiro atoms. The van der Waals surface area contributed by atoms with Crippen molar-refractivity contribution >= 4 is 11.8 Å². The predicted molar refractivity (Wildman–Crippen MR) is 72.6 cm³/mol. The lowest BCUT2D eigenvalue weighted by molar-refractivity contribution is -0.137. The highest BCUT2D eigenvalue weighted by molar-refractivity contribution is 6.06. The third kappa shape index (κ3) is 2.03. The summed E-state index contributed by atoms with van der Waals surface area (Å²) in [5.74, 6) is -0.572. The quantitative estimate of drug-likeness (QED) is 0.769. The number of aliphatic hydroxyl groups excluding tert-OH is 1. The molecule has 5 nitrogen and oxygen atoms in total. The number of likely N-dealkylation sites (N-methyl/N-ethyl adjacent to an activating group) is 1. The SMILES string of the molecule is CN1C(=O)[C@H]2N[C@@H]([C@H](O)c3ccccc3)CC[C@H]2C1=O. The average molecular weight is 274 g/mol. The molecule has 2 amide bonds. The zero-order valence-corrected chi connectivity index (χ0v) is 11.3. The molecule has 3 rings (SSSR count). The molecule has 0 unspecified atom stereocenters. The number of piperidine rings is 1. The van der Waals surface area contributed by atoms with E-state index in [9.17, 15) is 14.7 Å². The summed E-state index contributed by atoms with van der Waals surface area (Å²) >= 11 is 0. The molecule has 2 fully saturated rings. The highest BCUT2D eigenvalue weighted by atomic mass is 16.3. The van der Waals surface area contributed by atoms with Gasteiger partial charge in [0.2, 0.25) is 11.8 Å². The fourth-order valence-corrected chi connectivity index (χ4v) is 3.16. The number of carbonyl (C=O) groups excluding carboxylic acids is 2. The maximum absolute atomic E-state index is 12.0. The van der Waals surface area contributed by atoms with Crippen molar-refractivity contribution in [2.45, 2.75) is 31.0 Å². The normalized spacial score (nSPS) is 31.3. The maximum atomic E-state index is 12.0. The number of nitrogens with zero attached hydrogens (tertiary/aromatic N) is 1. The Morgan fingerprint density at radius 3 is 2.60 bits per heavy atom. The van der Waals surface area contributed by atoms with Crippen molar-refractivity contribution in [3.63, 3.8) is 0 Å². The molecule has 0 radical (unpaired) electrons. The Bertz CT molecular complexity index is 531. The largest absolute Gasteiger partial charge is 0.387 e. The zero-order valence-electron chi connectivity index (χ0n) is 11.3. The van der Waals surface area contributed by atoms with Gasteiger partial charge < -0.3 is 5.11 Å². The number of hydrogen-bond donors (Lipinski definition) is 2. The average Bonchev–Trinajstić information content (AvgIpc) is 2.72. The molecule has 106 valence electrons. The monoisotopic (exact) mass is 274 g/mol. The molecule has 0 aromatic heterocycles. The Kier molecular flexibility index (Phi) is 3.31. The van der Waals surface area contributed by atoms with E-state index >= 15 is 0 Å². The van der Waals surface area contributed by atoms with E-state index < -0.39 is 12.1 Å². The highest BCUT2D eigenvalue weighted by Gasteiger charge is 2.49. The second-order valence-electron chi connectivity index (χ2n) is 5.53. The van der Waals surface area contributed by atoms with Gasteiger partial charge in [-0.2, -0.15) is 0 Å². The molecule has 2 heterocycles. The van der Waals surface area contributed by atoms with Gasteiger partial charge in [-0.05, 0) is 18.4 Å². The summed E-state index contributed by atoms with van der Waals surface area (Å²) in [6.45, 7) is 0. The van der Waals surface area contributed by atoms with Gasteiger partial charge >= 0.3 is 0 Å². The molecule has 4 atom stereocenters. The number of carbonyl (C=O) groups is 2. The Balaban J connectivity index is 1.76. The second-order valence-corrected chi connectivity index (χ2v) is 5.53. The fraction of sp³-hybridized carbons (Fsp3) is 0.467. The van der Waals surface area contributed by atoms with E-state index in [1.165, 1.54) is 11.9 Å². The van der Waals surface area contributed by atoms with E-state index in [4.69, 9.17) is 0 Å². The van der Waals surface area contributed by atoms with Crippen molar-refractivity contribution in [1.29, 1.82) is 0 Å². The van der Waals surface area contributed by atoms with Crippen LogP contribution >= 0.6 is 0 Å². The van der Waals surface area contributed by atoms with Gasteiger partial charge in [-0.1, -0.05) is 30.3 Å². The number of hydrogen-bond acceptors (Lipinski definition) is 4. The van der Waals surface area contributed by atoms with Crippen LogP contribution in [0.15, 0.2) is 30.3 Å². The lowest BCUT2D eigenvalue weighted by Gasteiger charge is -2.33. The molecule has 5 heteroatoms. The lowest BCUT2D eigenvalue weighted by atomic mass is 9.85. The van der Waals surface area contributed by atoms with Crippen LogP contribution in [0.4, 0.5) is 0 Å². The van der Waals surface area contributed by atoms with Crippen LogP contribution in [0.1, 0.15) is 24.5 Å². The summed E-state index contributed by atoms with van der Waals surface area (Å²) in [6.07, 6.45) is 0.663. The molecule has 20 heavy (non-hydrogen) atoms. The van der Waals surface area contributed by atoms with Crippen molar-refractivity contribution in [2.75, 3.05) is 7.05 Å². The molecule has 0 aliphatic carbocycles. The summed E-state index contributed by atoms with van der Waals surface area (Å²) in [5.41, 5.74) is 0.827. The van der Waals surface area contributed by atoms with Gasteiger partial charge in [-0.25, -0.2) is 0 Å². The molecule has 2 aliphatic rings. The third-order valence-electron chi connectivity index (χ3n) is 4.35. The first-order valence-corrected chi connectivity index (χ1v) is 6.90. The maximum Gasteiger partial charge on any atom is 0.246 e. The Labute approximate surface area is 117 Å². The number of aliphatic hydroxyl groups is 1. The molecular formula is C15H18N2O3. The number of amides is 2. The first-order chi connectivity index (χ1) is 9.59. The number of likely N-dealkylation sites (tertiary alicyclic amines) is 1. The smallest absolute Gasteiger partial charge is 0.246 e. The highest BCUT2D eigenvalue weighted by Crippen LogP contribution is 2.32. The van der Waals surface area contributed by atoms with Gasteiger partial charge in [-0.15, -0.1) is 0 Å². The van der Waals surface area contributed by atoms with Gasteiger partial charge in [0, 0.05) is 13.1 Å². The molecule has 0 saturated carbocycles. The minimum Gasteiger partial charge on any atom is -0.387 e. The summed E-state index contributed by atoms with van der Waals surface area (Å²) < 4.78 is 0. The molecular weight excluding hydrogens is 256 g/mol. The summed E-state index contributed by atoms with van der Waals surface area (Å²) in [6, 6.07) is 8.71. The van der Waals surface area contributed by atoms with Crippen molar-refractivity contribution in [1.82, 2.24) is 10.2 Å². The Morgan fingerprint density at radius 1 is 1.20 bits per heavy atom. The van der Waals surface area contributed by atoms with Crippen LogP contribution in [0.25, 0.3) is 0 Å². The number of fused-ring (bicyclic) bond motifs is 1. The van der Waals surface area contributed by atoms with E-state index in [-0.39, 0.29) is 23.8 Å². The standard InChI is InChI=1S/C15H18N2O3/c1-17-14(19)10-7-8-11(16-12(10)15(17)20)13(18)9-5-3-2-4-6-9/h2-6,10-13,16,18H,7-8H2,1H3/t10-,11-,12+,13-/m1/s1. The van der Waals surface area contributed by atoms with Crippen LogP contribution in [0.3, 0.4) is 0 Å². The van der Waals surface area contributed by atoms with Gasteiger partial charge in [0.25, 0.3) is 0 Å². The predicted octanol–water partition coefficient (Wildman–Crippen LogP) is 0.455. The number of imide groups is 1. The molecule has 2 saturated heterocycles. The van der Waals surface area contributed by atoms with Gasteiger partial charge in [0.15, 0.2) is 0 Å². The van der Waals surface area contributed by atoms with Gasteiger partial charge in [0.05, 0.1) is 18.1 Å². The van der Waals surface area contributed by atoms with E-state index in [0.717, 1.165) is 5.56 Å². The number of rotatable bonds is 2. The Morgan fingerprint density at radius 2 is 1.90 bits per heavy atom. The molecule has 2 aliphatic heterocycles. The Hall–Kier alpha value is -1.72. The molecule has 1 aromatic rings. The van der Waals surface area contributed by atoms with E-state index in [0.29, 0.717) is 12.8 Å². The van der Waals surface area contributed by atoms with Crippen molar-refractivity contribution < 1.29 is 14.7 Å². The van der Waals surface area contributed by atoms with E-state index in [1.54, 1.807) is 0 Å². The molecule has 2 N–H and O–H groups in total. The second kappa shape index (κ2) is 5.00. The van der Waals surface area contributed by atoms with Crippen LogP contribution in [0.5, 0.6) is 0 Å². The van der Waals surface area contributed by atoms with E-state index in [1.807, 2.05) is 30.3 Å². The lowest BCUT2D eigenvalue weighted by Crippen LogP contribution is -2.51. The van der Waals surface area contributed by atoms with Crippen LogP contribution in [0, 0.1) is 5.92 Å². The van der Waals surface area contributed by atoms with Gasteiger partial charge in [-0.3, -0.25) is 19.8 Å². The molecule has 1 aromatic carbocycles. The first kappa shape index (κ1) is 13.3. The van der Waals surface area contributed by atoms with E-state index in [2.05, 4.69) is 5.32 Å². The number of nitrogens with one attached hydrogen (secondary N) is 1. The third-order valence-corrected chi connectivity index (χ3v) is 4.35. The summed E-state index contributed by atoms with van der Waals surface area (Å²) in [7, 11) is 1.52. The topological polar surface area (TPSA) is 69.6 Å². The van der Waals surface area contributed by atoms with Crippen molar-refractivity contribution in [2.24, 2.45) is 5.92 Å².